The monoisotopic (exact) mass is 285 g/mol. The lowest BCUT2D eigenvalue weighted by Gasteiger charge is -2.19. The van der Waals surface area contributed by atoms with E-state index in [2.05, 4.69) is 4.98 Å². The van der Waals surface area contributed by atoms with Crippen LogP contribution in [0.4, 0.5) is 0 Å². The van der Waals surface area contributed by atoms with Crippen molar-refractivity contribution in [3.63, 3.8) is 0 Å². The number of aliphatic hydroxyl groups is 2. The summed E-state index contributed by atoms with van der Waals surface area (Å²) in [5.41, 5.74) is 1.37. The number of hydrogen-bond acceptors (Lipinski definition) is 6. The fourth-order valence-electron chi connectivity index (χ4n) is 1.65. The van der Waals surface area contributed by atoms with Gasteiger partial charge >= 0.3 is 0 Å². The highest BCUT2D eigenvalue weighted by Crippen LogP contribution is 2.24. The van der Waals surface area contributed by atoms with Gasteiger partial charge in [-0.1, -0.05) is 11.8 Å². The Morgan fingerprint density at radius 1 is 1.53 bits per heavy atom. The number of carbonyl (C=O) groups is 1. The van der Waals surface area contributed by atoms with E-state index in [0.717, 1.165) is 17.3 Å². The van der Waals surface area contributed by atoms with Gasteiger partial charge in [-0.2, -0.15) is 0 Å². The molecule has 0 saturated carbocycles. The van der Waals surface area contributed by atoms with Crippen molar-refractivity contribution in [1.29, 1.82) is 0 Å². The predicted octanol–water partition coefficient (Wildman–Crippen LogP) is 1.46. The van der Waals surface area contributed by atoms with Gasteiger partial charge in [0.1, 0.15) is 6.10 Å². The summed E-state index contributed by atoms with van der Waals surface area (Å²) in [7, 11) is 1.52. The molecule has 106 valence electrons. The van der Waals surface area contributed by atoms with Crippen molar-refractivity contribution in [3.8, 4) is 5.88 Å². The van der Waals surface area contributed by atoms with Crippen LogP contribution in [0, 0.1) is 6.92 Å². The molecule has 1 aromatic rings. The Labute approximate surface area is 117 Å². The lowest BCUT2D eigenvalue weighted by Crippen LogP contribution is -2.20. The predicted molar refractivity (Wildman–Crippen MR) is 74.2 cm³/mol. The van der Waals surface area contributed by atoms with Crippen molar-refractivity contribution < 1.29 is 19.7 Å². The third-order valence-electron chi connectivity index (χ3n) is 2.74. The fraction of sp³-hybridized carbons (Fsp3) is 0.538. The first-order chi connectivity index (χ1) is 8.95. The first kappa shape index (κ1) is 15.9. The minimum Gasteiger partial charge on any atom is -0.481 e. The zero-order valence-corrected chi connectivity index (χ0v) is 12.1. The summed E-state index contributed by atoms with van der Waals surface area (Å²) in [4.78, 5) is 14.8. The summed E-state index contributed by atoms with van der Waals surface area (Å²) >= 11 is 1.14. The van der Waals surface area contributed by atoms with Crippen LogP contribution >= 0.6 is 11.8 Å². The number of nitrogens with zero attached hydrogens (tertiary/aromatic N) is 1. The van der Waals surface area contributed by atoms with Crippen molar-refractivity contribution >= 4 is 16.9 Å². The van der Waals surface area contributed by atoms with Crippen molar-refractivity contribution in [2.75, 3.05) is 12.9 Å². The largest absolute Gasteiger partial charge is 0.481 e. The average molecular weight is 285 g/mol. The number of ether oxygens (including phenoxy) is 1. The number of aliphatic hydroxyl groups excluding tert-OH is 2. The maximum atomic E-state index is 10.8. The standard InChI is InChI=1S/C13H19NO4S/c1-8-6-12(18-3)14-7-10(8)13(17)11(16)4-5-19-9(2)15/h6-7,11,13,16-17H,4-5H2,1-3H3. The van der Waals surface area contributed by atoms with Gasteiger partial charge in [0, 0.05) is 30.5 Å². The molecule has 1 aromatic heterocycles. The minimum absolute atomic E-state index is 0.00369. The summed E-state index contributed by atoms with van der Waals surface area (Å²) in [5.74, 6) is 0.950. The van der Waals surface area contributed by atoms with Crippen LogP contribution in [0.3, 0.4) is 0 Å². The summed E-state index contributed by atoms with van der Waals surface area (Å²) in [6.07, 6.45) is -0.0800. The third kappa shape index (κ3) is 4.81. The molecule has 0 saturated heterocycles. The van der Waals surface area contributed by atoms with Gasteiger partial charge in [-0.25, -0.2) is 4.98 Å². The lowest BCUT2D eigenvalue weighted by molar-refractivity contribution is -0.109. The molecule has 1 heterocycles. The Kier molecular flexibility index (Phi) is 6.27. The molecular weight excluding hydrogens is 266 g/mol. The zero-order chi connectivity index (χ0) is 14.4. The van der Waals surface area contributed by atoms with E-state index in [0.29, 0.717) is 23.6 Å². The number of aryl methyl sites for hydroxylation is 1. The second-order valence-corrected chi connectivity index (χ2v) is 5.50. The van der Waals surface area contributed by atoms with Crippen LogP contribution in [0.15, 0.2) is 12.3 Å². The number of carbonyl (C=O) groups excluding carboxylic acids is 1. The smallest absolute Gasteiger partial charge is 0.213 e. The van der Waals surface area contributed by atoms with Crippen LogP contribution in [0.5, 0.6) is 5.88 Å². The van der Waals surface area contributed by atoms with Crippen LogP contribution in [-0.2, 0) is 4.79 Å². The van der Waals surface area contributed by atoms with E-state index in [4.69, 9.17) is 4.74 Å². The number of pyridine rings is 1. The molecule has 19 heavy (non-hydrogen) atoms. The van der Waals surface area contributed by atoms with E-state index >= 15 is 0 Å². The van der Waals surface area contributed by atoms with Gasteiger partial charge in [0.15, 0.2) is 5.12 Å². The Bertz CT molecular complexity index is 439. The molecule has 0 radical (unpaired) electrons. The first-order valence-corrected chi connectivity index (χ1v) is 6.94. The van der Waals surface area contributed by atoms with Gasteiger partial charge in [-0.15, -0.1) is 0 Å². The highest BCUT2D eigenvalue weighted by molar-refractivity contribution is 8.13. The number of aromatic nitrogens is 1. The number of hydrogen-bond donors (Lipinski definition) is 2. The number of methoxy groups -OCH3 is 1. The SMILES string of the molecule is COc1cc(C)c(C(O)C(O)CCSC(C)=O)cn1. The lowest BCUT2D eigenvalue weighted by atomic mass is 10.0. The molecule has 0 spiro atoms. The first-order valence-electron chi connectivity index (χ1n) is 5.95. The molecular formula is C13H19NO4S. The fourth-order valence-corrected chi connectivity index (χ4v) is 2.30. The summed E-state index contributed by atoms with van der Waals surface area (Å²) < 4.78 is 4.99. The minimum atomic E-state index is -1.01. The summed E-state index contributed by atoms with van der Waals surface area (Å²) in [5, 5.41) is 20.0. The van der Waals surface area contributed by atoms with E-state index in [-0.39, 0.29) is 5.12 Å². The highest BCUT2D eigenvalue weighted by atomic mass is 32.2. The maximum Gasteiger partial charge on any atom is 0.213 e. The zero-order valence-electron chi connectivity index (χ0n) is 11.3. The van der Waals surface area contributed by atoms with E-state index < -0.39 is 12.2 Å². The quantitative estimate of drug-likeness (QED) is 0.824. The van der Waals surface area contributed by atoms with Crippen molar-refractivity contribution in [3.05, 3.63) is 23.4 Å². The van der Waals surface area contributed by atoms with Crippen LogP contribution in [-0.4, -0.2) is 39.3 Å². The molecule has 2 unspecified atom stereocenters. The Morgan fingerprint density at radius 3 is 2.74 bits per heavy atom. The molecule has 1 rings (SSSR count). The second-order valence-electron chi connectivity index (χ2n) is 4.22. The molecule has 5 nitrogen and oxygen atoms in total. The second kappa shape index (κ2) is 7.47. The van der Waals surface area contributed by atoms with Crippen molar-refractivity contribution in [1.82, 2.24) is 4.98 Å². The van der Waals surface area contributed by atoms with Gasteiger partial charge in [0.2, 0.25) is 5.88 Å². The number of rotatable bonds is 6. The van der Waals surface area contributed by atoms with Crippen LogP contribution in [0.25, 0.3) is 0 Å². The Hall–Kier alpha value is -1.11. The molecule has 0 aliphatic heterocycles. The van der Waals surface area contributed by atoms with Crippen LogP contribution in [0.1, 0.15) is 30.6 Å². The maximum absolute atomic E-state index is 10.8. The molecule has 2 N–H and O–H groups in total. The topological polar surface area (TPSA) is 79.6 Å². The normalized spacial score (nSPS) is 13.9. The van der Waals surface area contributed by atoms with Gasteiger partial charge < -0.3 is 14.9 Å². The molecule has 0 bridgehead atoms. The van der Waals surface area contributed by atoms with E-state index in [1.54, 1.807) is 6.07 Å². The van der Waals surface area contributed by atoms with Gasteiger partial charge in [-0.05, 0) is 18.9 Å². The summed E-state index contributed by atoms with van der Waals surface area (Å²) in [6.45, 7) is 3.30. The molecule has 0 fully saturated rings. The van der Waals surface area contributed by atoms with E-state index in [9.17, 15) is 15.0 Å². The third-order valence-corrected chi connectivity index (χ3v) is 3.58. The van der Waals surface area contributed by atoms with Crippen molar-refractivity contribution in [2.24, 2.45) is 0 Å². The number of thioether (sulfide) groups is 1. The molecule has 6 heteroatoms. The average Bonchev–Trinajstić information content (AvgIpc) is 2.37. The van der Waals surface area contributed by atoms with Crippen molar-refractivity contribution in [2.45, 2.75) is 32.5 Å². The molecule has 0 aromatic carbocycles. The van der Waals surface area contributed by atoms with E-state index in [1.807, 2.05) is 6.92 Å². The molecule has 0 amide bonds. The molecule has 0 aliphatic carbocycles. The van der Waals surface area contributed by atoms with Gasteiger partial charge in [0.25, 0.3) is 0 Å². The van der Waals surface area contributed by atoms with Crippen LogP contribution < -0.4 is 4.74 Å². The molecule has 0 aliphatic rings. The Balaban J connectivity index is 2.65. The Morgan fingerprint density at radius 2 is 2.21 bits per heavy atom. The molecule has 2 atom stereocenters. The summed E-state index contributed by atoms with van der Waals surface area (Å²) in [6, 6.07) is 1.70. The van der Waals surface area contributed by atoms with Gasteiger partial charge in [-0.3, -0.25) is 4.79 Å². The van der Waals surface area contributed by atoms with Crippen LogP contribution in [0.2, 0.25) is 0 Å². The highest BCUT2D eigenvalue weighted by Gasteiger charge is 2.20. The van der Waals surface area contributed by atoms with Gasteiger partial charge in [0.05, 0.1) is 13.2 Å². The van der Waals surface area contributed by atoms with E-state index in [1.165, 1.54) is 20.2 Å².